The van der Waals surface area contributed by atoms with Gasteiger partial charge in [-0.1, -0.05) is 6.07 Å². The Balaban J connectivity index is 1.84. The molecular formula is C21H33N3O4. The highest BCUT2D eigenvalue weighted by molar-refractivity contribution is 6.35. The number of amides is 2. The van der Waals surface area contributed by atoms with Crippen LogP contribution < -0.4 is 14.8 Å². The molecular weight excluding hydrogens is 358 g/mol. The Morgan fingerprint density at radius 1 is 1.14 bits per heavy atom. The van der Waals surface area contributed by atoms with E-state index in [-0.39, 0.29) is 6.04 Å². The summed E-state index contributed by atoms with van der Waals surface area (Å²) in [5.74, 6) is 0.409. The highest BCUT2D eigenvalue weighted by Gasteiger charge is 2.27. The van der Waals surface area contributed by atoms with Crippen LogP contribution in [0.4, 0.5) is 0 Å². The fourth-order valence-corrected chi connectivity index (χ4v) is 3.36. The van der Waals surface area contributed by atoms with E-state index in [0.29, 0.717) is 37.7 Å². The number of likely N-dealkylation sites (N-methyl/N-ethyl adjacent to an activating group) is 1. The first kappa shape index (κ1) is 22.0. The molecule has 0 aliphatic carbocycles. The normalized spacial score (nSPS) is 15.1. The number of piperidine rings is 1. The van der Waals surface area contributed by atoms with Crippen molar-refractivity contribution in [2.75, 3.05) is 46.9 Å². The molecule has 1 heterocycles. The van der Waals surface area contributed by atoms with Gasteiger partial charge in [-0.25, -0.2) is 0 Å². The van der Waals surface area contributed by atoms with Crippen molar-refractivity contribution in [1.29, 1.82) is 0 Å². The SMILES string of the molecule is CCOc1ccc(CCNC(=O)C(=O)N(C)C2CCN(C)CC2)cc1OCC. The molecule has 1 aromatic carbocycles. The van der Waals surface area contributed by atoms with E-state index in [1.54, 1.807) is 11.9 Å². The van der Waals surface area contributed by atoms with Gasteiger partial charge in [0.15, 0.2) is 11.5 Å². The molecule has 1 N–H and O–H groups in total. The van der Waals surface area contributed by atoms with Gasteiger partial charge < -0.3 is 24.6 Å². The van der Waals surface area contributed by atoms with Gasteiger partial charge in [0.05, 0.1) is 13.2 Å². The molecule has 7 nitrogen and oxygen atoms in total. The Morgan fingerprint density at radius 2 is 1.79 bits per heavy atom. The van der Waals surface area contributed by atoms with Crippen LogP contribution in [0.3, 0.4) is 0 Å². The van der Waals surface area contributed by atoms with Gasteiger partial charge in [-0.3, -0.25) is 9.59 Å². The van der Waals surface area contributed by atoms with Crippen LogP contribution in [-0.4, -0.2) is 74.6 Å². The van der Waals surface area contributed by atoms with Gasteiger partial charge in [0.25, 0.3) is 0 Å². The number of rotatable bonds is 8. The fraction of sp³-hybridized carbons (Fsp3) is 0.619. The molecule has 1 aliphatic rings. The van der Waals surface area contributed by atoms with Crippen LogP contribution >= 0.6 is 0 Å². The van der Waals surface area contributed by atoms with Crippen molar-refractivity contribution >= 4 is 11.8 Å². The van der Waals surface area contributed by atoms with Gasteiger partial charge in [-0.2, -0.15) is 0 Å². The summed E-state index contributed by atoms with van der Waals surface area (Å²) in [6, 6.07) is 5.89. The topological polar surface area (TPSA) is 71.1 Å². The van der Waals surface area contributed by atoms with Crippen LogP contribution in [-0.2, 0) is 16.0 Å². The van der Waals surface area contributed by atoms with Gasteiger partial charge in [0, 0.05) is 19.6 Å². The van der Waals surface area contributed by atoms with E-state index in [0.717, 1.165) is 31.5 Å². The van der Waals surface area contributed by atoms with Crippen molar-refractivity contribution < 1.29 is 19.1 Å². The lowest BCUT2D eigenvalue weighted by Crippen LogP contribution is -2.49. The minimum atomic E-state index is -0.544. The van der Waals surface area contributed by atoms with Crippen LogP contribution in [0.5, 0.6) is 11.5 Å². The van der Waals surface area contributed by atoms with Crippen molar-refractivity contribution in [2.45, 2.75) is 39.2 Å². The van der Waals surface area contributed by atoms with Crippen LogP contribution in [0.2, 0.25) is 0 Å². The van der Waals surface area contributed by atoms with Crippen molar-refractivity contribution in [3.05, 3.63) is 23.8 Å². The van der Waals surface area contributed by atoms with Gasteiger partial charge in [0.2, 0.25) is 0 Å². The molecule has 2 rings (SSSR count). The second kappa shape index (κ2) is 10.9. The highest BCUT2D eigenvalue weighted by Crippen LogP contribution is 2.28. The molecule has 156 valence electrons. The zero-order valence-corrected chi connectivity index (χ0v) is 17.5. The maximum Gasteiger partial charge on any atom is 0.311 e. The average molecular weight is 392 g/mol. The summed E-state index contributed by atoms with van der Waals surface area (Å²) in [5.41, 5.74) is 1.02. The van der Waals surface area contributed by atoms with Crippen molar-refractivity contribution in [3.8, 4) is 11.5 Å². The van der Waals surface area contributed by atoms with Crippen molar-refractivity contribution in [1.82, 2.24) is 15.1 Å². The number of hydrogen-bond acceptors (Lipinski definition) is 5. The Bertz CT molecular complexity index is 657. The molecule has 0 atom stereocenters. The van der Waals surface area contributed by atoms with Crippen LogP contribution in [0, 0.1) is 0 Å². The third kappa shape index (κ3) is 6.12. The standard InChI is InChI=1S/C21H33N3O4/c1-5-27-18-8-7-16(15-19(18)28-6-2)9-12-22-20(25)21(26)24(4)17-10-13-23(3)14-11-17/h7-8,15,17H,5-6,9-14H2,1-4H3,(H,22,25). The predicted molar refractivity (Wildman–Crippen MR) is 109 cm³/mol. The van der Waals surface area contributed by atoms with E-state index in [1.165, 1.54) is 0 Å². The Kier molecular flexibility index (Phi) is 8.57. The second-order valence-corrected chi connectivity index (χ2v) is 7.10. The quantitative estimate of drug-likeness (QED) is 0.683. The average Bonchev–Trinajstić information content (AvgIpc) is 2.69. The molecule has 28 heavy (non-hydrogen) atoms. The molecule has 0 unspecified atom stereocenters. The van der Waals surface area contributed by atoms with Gasteiger partial charge in [-0.15, -0.1) is 0 Å². The van der Waals surface area contributed by atoms with E-state index in [4.69, 9.17) is 9.47 Å². The number of hydrogen-bond donors (Lipinski definition) is 1. The smallest absolute Gasteiger partial charge is 0.311 e. The molecule has 0 spiro atoms. The molecule has 1 aromatic rings. The summed E-state index contributed by atoms with van der Waals surface area (Å²) in [6.07, 6.45) is 2.42. The predicted octanol–water partition coefficient (Wildman–Crippen LogP) is 1.70. The first-order valence-electron chi connectivity index (χ1n) is 10.1. The maximum atomic E-state index is 12.4. The summed E-state index contributed by atoms with van der Waals surface area (Å²) in [6.45, 7) is 7.27. The first-order chi connectivity index (χ1) is 13.5. The third-order valence-electron chi connectivity index (χ3n) is 5.06. The number of likely N-dealkylation sites (tertiary alicyclic amines) is 1. The number of carbonyl (C=O) groups is 2. The van der Waals surface area contributed by atoms with E-state index in [9.17, 15) is 9.59 Å². The molecule has 1 aliphatic heterocycles. The van der Waals surface area contributed by atoms with E-state index in [1.807, 2.05) is 32.0 Å². The summed E-state index contributed by atoms with van der Waals surface area (Å²) < 4.78 is 11.2. The molecule has 1 saturated heterocycles. The Morgan fingerprint density at radius 3 is 2.43 bits per heavy atom. The van der Waals surface area contributed by atoms with Gasteiger partial charge in [0.1, 0.15) is 0 Å². The molecule has 7 heteroatoms. The second-order valence-electron chi connectivity index (χ2n) is 7.10. The number of nitrogens with zero attached hydrogens (tertiary/aromatic N) is 2. The van der Waals surface area contributed by atoms with Crippen LogP contribution in [0.1, 0.15) is 32.3 Å². The zero-order chi connectivity index (χ0) is 20.5. The largest absolute Gasteiger partial charge is 0.490 e. The third-order valence-corrected chi connectivity index (χ3v) is 5.06. The molecule has 0 bridgehead atoms. The van der Waals surface area contributed by atoms with Gasteiger partial charge >= 0.3 is 11.8 Å². The number of carbonyl (C=O) groups excluding carboxylic acids is 2. The first-order valence-corrected chi connectivity index (χ1v) is 10.1. The minimum absolute atomic E-state index is 0.134. The molecule has 0 radical (unpaired) electrons. The van der Waals surface area contributed by atoms with Gasteiger partial charge in [-0.05, 0) is 70.9 Å². The van der Waals surface area contributed by atoms with Crippen LogP contribution in [0.25, 0.3) is 0 Å². The van der Waals surface area contributed by atoms with E-state index >= 15 is 0 Å². The Labute approximate surface area is 168 Å². The summed E-state index contributed by atoms with van der Waals surface area (Å²) in [5, 5.41) is 2.74. The van der Waals surface area contributed by atoms with E-state index < -0.39 is 11.8 Å². The minimum Gasteiger partial charge on any atom is -0.490 e. The number of ether oxygens (including phenoxy) is 2. The molecule has 0 saturated carbocycles. The van der Waals surface area contributed by atoms with Crippen LogP contribution in [0.15, 0.2) is 18.2 Å². The monoisotopic (exact) mass is 391 g/mol. The fourth-order valence-electron chi connectivity index (χ4n) is 3.36. The number of benzene rings is 1. The van der Waals surface area contributed by atoms with Crippen molar-refractivity contribution in [3.63, 3.8) is 0 Å². The summed E-state index contributed by atoms with van der Waals surface area (Å²) >= 11 is 0. The summed E-state index contributed by atoms with van der Waals surface area (Å²) in [7, 11) is 3.79. The molecule has 0 aromatic heterocycles. The molecule has 2 amide bonds. The number of nitrogens with one attached hydrogen (secondary N) is 1. The highest BCUT2D eigenvalue weighted by atomic mass is 16.5. The van der Waals surface area contributed by atoms with E-state index in [2.05, 4.69) is 17.3 Å². The van der Waals surface area contributed by atoms with Crippen molar-refractivity contribution in [2.24, 2.45) is 0 Å². The zero-order valence-electron chi connectivity index (χ0n) is 17.5. The lowest BCUT2D eigenvalue weighted by molar-refractivity contribution is -0.146. The molecule has 1 fully saturated rings. The Hall–Kier alpha value is -2.28. The summed E-state index contributed by atoms with van der Waals surface area (Å²) in [4.78, 5) is 28.4. The maximum absolute atomic E-state index is 12.4. The lowest BCUT2D eigenvalue weighted by atomic mass is 10.0. The lowest BCUT2D eigenvalue weighted by Gasteiger charge is -2.34.